The van der Waals surface area contributed by atoms with Crippen molar-refractivity contribution >= 4 is 0 Å². The topological polar surface area (TPSA) is 104 Å². The minimum Gasteiger partial charge on any atom is -0.370 e. The Labute approximate surface area is 175 Å². The lowest BCUT2D eigenvalue weighted by molar-refractivity contribution is 0.331. The molecular formula is C21H33N3O6. The molecule has 9 heteroatoms. The highest BCUT2D eigenvalue weighted by molar-refractivity contribution is 4.88. The zero-order valence-corrected chi connectivity index (χ0v) is 18.1. The van der Waals surface area contributed by atoms with Crippen molar-refractivity contribution in [3.8, 4) is 0 Å². The second-order valence-electron chi connectivity index (χ2n) is 8.53. The van der Waals surface area contributed by atoms with Gasteiger partial charge in [-0.05, 0) is 38.5 Å². The fraction of sp³-hybridized carbons (Fsp3) is 0.857. The summed E-state index contributed by atoms with van der Waals surface area (Å²) in [5.41, 5.74) is -1.59. The van der Waals surface area contributed by atoms with E-state index in [1.54, 1.807) is 0 Å². The van der Waals surface area contributed by atoms with Crippen molar-refractivity contribution in [3.05, 3.63) is 31.5 Å². The molecule has 0 saturated carbocycles. The molecule has 0 amide bonds. The number of hydrogen-bond donors (Lipinski definition) is 0. The summed E-state index contributed by atoms with van der Waals surface area (Å²) in [6.45, 7) is 6.93. The maximum atomic E-state index is 13.0. The molecule has 1 aromatic rings. The fourth-order valence-corrected chi connectivity index (χ4v) is 4.40. The van der Waals surface area contributed by atoms with E-state index in [2.05, 4.69) is 20.8 Å². The zero-order valence-electron chi connectivity index (χ0n) is 18.1. The summed E-state index contributed by atoms with van der Waals surface area (Å²) in [7, 11) is 0. The molecule has 30 heavy (non-hydrogen) atoms. The molecule has 0 aromatic carbocycles. The van der Waals surface area contributed by atoms with E-state index in [4.69, 9.17) is 14.2 Å². The number of aromatic nitrogens is 3. The van der Waals surface area contributed by atoms with Crippen molar-refractivity contribution in [1.29, 1.82) is 0 Å². The van der Waals surface area contributed by atoms with Crippen molar-refractivity contribution in [3.63, 3.8) is 0 Å². The van der Waals surface area contributed by atoms with E-state index in [0.717, 1.165) is 19.3 Å². The Bertz CT molecular complexity index is 785. The van der Waals surface area contributed by atoms with Gasteiger partial charge < -0.3 is 14.2 Å². The number of ether oxygens (including phenoxy) is 3. The summed E-state index contributed by atoms with van der Waals surface area (Å²) >= 11 is 0. The van der Waals surface area contributed by atoms with Crippen LogP contribution in [0.15, 0.2) is 14.4 Å². The highest BCUT2D eigenvalue weighted by Crippen LogP contribution is 2.29. The maximum absolute atomic E-state index is 13.0. The number of epoxide rings is 3. The Balaban J connectivity index is 1.54. The van der Waals surface area contributed by atoms with Gasteiger partial charge in [0.1, 0.15) is 0 Å². The molecule has 3 fully saturated rings. The number of nitrogens with zero attached hydrogens (tertiary/aromatic N) is 3. The summed E-state index contributed by atoms with van der Waals surface area (Å²) in [4.78, 5) is 39.0. The molecule has 1 aromatic heterocycles. The normalized spacial score (nSPS) is 31.7. The van der Waals surface area contributed by atoms with E-state index in [1.165, 1.54) is 13.7 Å². The first-order valence-electron chi connectivity index (χ1n) is 11.4. The Morgan fingerprint density at radius 2 is 0.800 bits per heavy atom. The van der Waals surface area contributed by atoms with Crippen molar-refractivity contribution in [1.82, 2.24) is 13.7 Å². The van der Waals surface area contributed by atoms with Gasteiger partial charge in [-0.2, -0.15) is 0 Å². The summed E-state index contributed by atoms with van der Waals surface area (Å²) < 4.78 is 20.2. The number of rotatable bonds is 12. The van der Waals surface area contributed by atoms with Gasteiger partial charge in [0.25, 0.3) is 0 Å². The third-order valence-electron chi connectivity index (χ3n) is 6.57. The summed E-state index contributed by atoms with van der Waals surface area (Å²) in [6, 6.07) is 0. The third-order valence-corrected chi connectivity index (χ3v) is 6.57. The Hall–Kier alpha value is -1.71. The Morgan fingerprint density at radius 3 is 1.00 bits per heavy atom. The van der Waals surface area contributed by atoms with Crippen LogP contribution in [0.1, 0.15) is 59.3 Å². The van der Waals surface area contributed by atoms with Gasteiger partial charge in [-0.25, -0.2) is 28.1 Å². The van der Waals surface area contributed by atoms with E-state index in [1.807, 2.05) is 0 Å². The van der Waals surface area contributed by atoms with Crippen LogP contribution in [0, 0.1) is 0 Å². The quantitative estimate of drug-likeness (QED) is 0.462. The van der Waals surface area contributed by atoms with Crippen LogP contribution in [0.25, 0.3) is 0 Å². The van der Waals surface area contributed by atoms with Crippen molar-refractivity contribution in [2.45, 2.75) is 116 Å². The van der Waals surface area contributed by atoms with Gasteiger partial charge in [0.2, 0.25) is 0 Å². The highest BCUT2D eigenvalue weighted by atomic mass is 16.6. The molecule has 6 unspecified atom stereocenters. The highest BCUT2D eigenvalue weighted by Gasteiger charge is 2.38. The van der Waals surface area contributed by atoms with Gasteiger partial charge in [-0.3, -0.25) is 0 Å². The minimum absolute atomic E-state index is 0.0884. The Morgan fingerprint density at radius 1 is 0.533 bits per heavy atom. The first-order valence-corrected chi connectivity index (χ1v) is 11.4. The van der Waals surface area contributed by atoms with Crippen LogP contribution in [-0.4, -0.2) is 50.3 Å². The minimum atomic E-state index is -0.530. The molecular weight excluding hydrogens is 390 g/mol. The van der Waals surface area contributed by atoms with Crippen LogP contribution in [0.2, 0.25) is 0 Å². The van der Waals surface area contributed by atoms with E-state index in [0.29, 0.717) is 19.3 Å². The first-order chi connectivity index (χ1) is 14.5. The third kappa shape index (κ3) is 4.48. The van der Waals surface area contributed by atoms with Crippen LogP contribution >= 0.6 is 0 Å². The van der Waals surface area contributed by atoms with E-state index >= 15 is 0 Å². The van der Waals surface area contributed by atoms with Crippen LogP contribution in [0.3, 0.4) is 0 Å². The molecule has 4 rings (SSSR count). The van der Waals surface area contributed by atoms with Gasteiger partial charge in [0.05, 0.1) is 36.6 Å². The van der Waals surface area contributed by atoms with Gasteiger partial charge in [-0.1, -0.05) is 20.8 Å². The largest absolute Gasteiger partial charge is 0.370 e. The van der Waals surface area contributed by atoms with Crippen molar-refractivity contribution in [2.75, 3.05) is 0 Å². The SMILES string of the molecule is CCC1OC1CCn1c(=O)n(CCC2OC2CC)c(=O)n(CCC2OC2CC)c1=O. The second-order valence-corrected chi connectivity index (χ2v) is 8.53. The first kappa shape index (κ1) is 21.5. The average Bonchev–Trinajstić information content (AvgIpc) is 3.62. The van der Waals surface area contributed by atoms with E-state index in [9.17, 15) is 14.4 Å². The lowest BCUT2D eigenvalue weighted by Gasteiger charge is -2.13. The van der Waals surface area contributed by atoms with Crippen LogP contribution in [-0.2, 0) is 33.8 Å². The molecule has 168 valence electrons. The molecule has 0 spiro atoms. The van der Waals surface area contributed by atoms with Gasteiger partial charge in [0.15, 0.2) is 0 Å². The molecule has 0 radical (unpaired) electrons. The second kappa shape index (κ2) is 8.80. The average molecular weight is 424 g/mol. The van der Waals surface area contributed by atoms with E-state index < -0.39 is 17.1 Å². The van der Waals surface area contributed by atoms with Crippen molar-refractivity contribution < 1.29 is 14.2 Å². The smallest absolute Gasteiger partial charge is 0.336 e. The standard InChI is InChI=1S/C21H33N3O6/c1-4-13-16(28-13)7-10-22-19(25)23(11-8-17-14(5-2)29-17)21(27)24(20(22)26)12-9-18-15(6-3)30-18/h13-18H,4-12H2,1-3H3. The molecule has 3 aliphatic rings. The van der Waals surface area contributed by atoms with Crippen molar-refractivity contribution in [2.24, 2.45) is 0 Å². The summed E-state index contributed by atoms with van der Waals surface area (Å²) in [5.74, 6) is 0. The van der Waals surface area contributed by atoms with Gasteiger partial charge in [0, 0.05) is 19.6 Å². The van der Waals surface area contributed by atoms with E-state index in [-0.39, 0.29) is 56.3 Å². The van der Waals surface area contributed by atoms with Crippen LogP contribution in [0.5, 0.6) is 0 Å². The molecule has 0 N–H and O–H groups in total. The molecule has 0 bridgehead atoms. The molecule has 3 saturated heterocycles. The monoisotopic (exact) mass is 423 g/mol. The lowest BCUT2D eigenvalue weighted by Crippen LogP contribution is -2.54. The predicted molar refractivity (Wildman–Crippen MR) is 110 cm³/mol. The van der Waals surface area contributed by atoms with Gasteiger partial charge >= 0.3 is 17.1 Å². The number of hydrogen-bond acceptors (Lipinski definition) is 6. The summed E-state index contributed by atoms with van der Waals surface area (Å²) in [6.07, 6.45) is 5.45. The Kier molecular flexibility index (Phi) is 6.31. The fourth-order valence-electron chi connectivity index (χ4n) is 4.40. The van der Waals surface area contributed by atoms with Crippen LogP contribution in [0.4, 0.5) is 0 Å². The molecule has 9 nitrogen and oxygen atoms in total. The van der Waals surface area contributed by atoms with Gasteiger partial charge in [-0.15, -0.1) is 0 Å². The molecule has 0 aliphatic carbocycles. The summed E-state index contributed by atoms with van der Waals surface area (Å²) in [5, 5.41) is 0. The molecule has 3 aliphatic heterocycles. The maximum Gasteiger partial charge on any atom is 0.336 e. The molecule has 4 heterocycles. The predicted octanol–water partition coefficient (Wildman–Crippen LogP) is 0.874. The van der Waals surface area contributed by atoms with Crippen LogP contribution < -0.4 is 17.1 Å². The molecule has 6 atom stereocenters. The lowest BCUT2D eigenvalue weighted by atomic mass is 10.2. The zero-order chi connectivity index (χ0) is 21.4.